The number of aromatic nitrogens is 3. The minimum atomic E-state index is 0.344. The monoisotopic (exact) mass is 218 g/mol. The Morgan fingerprint density at radius 3 is 2.75 bits per heavy atom. The van der Waals surface area contributed by atoms with E-state index in [2.05, 4.69) is 30.0 Å². The molecular weight excluding hydrogens is 200 g/mol. The summed E-state index contributed by atoms with van der Waals surface area (Å²) in [6, 6.07) is 4.14. The van der Waals surface area contributed by atoms with Crippen molar-refractivity contribution in [2.45, 2.75) is 26.7 Å². The molecule has 2 aromatic rings. The maximum absolute atomic E-state index is 5.84. The zero-order valence-electron chi connectivity index (χ0n) is 10.0. The number of rotatable bonds is 3. The summed E-state index contributed by atoms with van der Waals surface area (Å²) < 4.78 is 1.96. The summed E-state index contributed by atoms with van der Waals surface area (Å²) in [6.45, 7) is 6.92. The third-order valence-corrected chi connectivity index (χ3v) is 2.98. The van der Waals surface area contributed by atoms with Crippen LogP contribution in [0.15, 0.2) is 18.3 Å². The second-order valence-corrected chi connectivity index (χ2v) is 4.49. The van der Waals surface area contributed by atoms with Gasteiger partial charge in [0.05, 0.1) is 11.7 Å². The van der Waals surface area contributed by atoms with Gasteiger partial charge in [-0.1, -0.05) is 13.8 Å². The fourth-order valence-electron chi connectivity index (χ4n) is 2.02. The number of aryl methyl sites for hydroxylation is 1. The standard InChI is InChI=1S/C12H18N4/c1-8(2)11(6-13)12-5-4-10-7-14-9(3)15-16(10)12/h4-5,7-8,11H,6,13H2,1-3H3. The van der Waals surface area contributed by atoms with E-state index in [0.29, 0.717) is 18.4 Å². The molecule has 4 heteroatoms. The molecule has 0 saturated heterocycles. The predicted octanol–water partition coefficient (Wildman–Crippen LogP) is 1.74. The molecule has 0 saturated carbocycles. The third kappa shape index (κ3) is 1.80. The van der Waals surface area contributed by atoms with Crippen molar-refractivity contribution in [2.24, 2.45) is 11.7 Å². The van der Waals surface area contributed by atoms with Crippen LogP contribution in [-0.2, 0) is 0 Å². The van der Waals surface area contributed by atoms with Gasteiger partial charge < -0.3 is 5.73 Å². The van der Waals surface area contributed by atoms with Crippen molar-refractivity contribution in [2.75, 3.05) is 6.54 Å². The largest absolute Gasteiger partial charge is 0.330 e. The summed E-state index contributed by atoms with van der Waals surface area (Å²) >= 11 is 0. The fraction of sp³-hybridized carbons (Fsp3) is 0.500. The first-order chi connectivity index (χ1) is 7.63. The molecule has 2 aromatic heterocycles. The normalized spacial score (nSPS) is 13.6. The smallest absolute Gasteiger partial charge is 0.146 e. The van der Waals surface area contributed by atoms with Gasteiger partial charge in [0.2, 0.25) is 0 Å². The maximum atomic E-state index is 5.84. The lowest BCUT2D eigenvalue weighted by Gasteiger charge is -2.18. The van der Waals surface area contributed by atoms with Crippen molar-refractivity contribution in [3.8, 4) is 0 Å². The van der Waals surface area contributed by atoms with Crippen LogP contribution in [0.3, 0.4) is 0 Å². The van der Waals surface area contributed by atoms with E-state index >= 15 is 0 Å². The van der Waals surface area contributed by atoms with Crippen molar-refractivity contribution in [3.05, 3.63) is 29.8 Å². The van der Waals surface area contributed by atoms with Crippen LogP contribution in [0.2, 0.25) is 0 Å². The van der Waals surface area contributed by atoms with Crippen LogP contribution in [0.5, 0.6) is 0 Å². The van der Waals surface area contributed by atoms with E-state index in [-0.39, 0.29) is 0 Å². The molecule has 2 rings (SSSR count). The van der Waals surface area contributed by atoms with Crippen molar-refractivity contribution < 1.29 is 0 Å². The van der Waals surface area contributed by atoms with E-state index in [4.69, 9.17) is 5.73 Å². The predicted molar refractivity (Wildman–Crippen MR) is 64.4 cm³/mol. The molecule has 0 amide bonds. The van der Waals surface area contributed by atoms with Gasteiger partial charge in [0.1, 0.15) is 5.82 Å². The zero-order valence-corrected chi connectivity index (χ0v) is 10.0. The second-order valence-electron chi connectivity index (χ2n) is 4.49. The minimum Gasteiger partial charge on any atom is -0.330 e. The lowest BCUT2D eigenvalue weighted by atomic mass is 9.93. The van der Waals surface area contributed by atoms with Crippen molar-refractivity contribution >= 4 is 5.52 Å². The van der Waals surface area contributed by atoms with Crippen LogP contribution in [0.1, 0.15) is 31.3 Å². The average molecular weight is 218 g/mol. The van der Waals surface area contributed by atoms with Crippen LogP contribution in [0.25, 0.3) is 5.52 Å². The molecule has 2 heterocycles. The highest BCUT2D eigenvalue weighted by Gasteiger charge is 2.18. The van der Waals surface area contributed by atoms with E-state index in [0.717, 1.165) is 11.3 Å². The first kappa shape index (κ1) is 11.1. The molecule has 86 valence electrons. The SMILES string of the molecule is Cc1ncc2ccc(C(CN)C(C)C)n2n1. The molecular formula is C12H18N4. The number of nitrogens with zero attached hydrogens (tertiary/aromatic N) is 3. The van der Waals surface area contributed by atoms with Gasteiger partial charge in [-0.15, -0.1) is 0 Å². The van der Waals surface area contributed by atoms with Gasteiger partial charge >= 0.3 is 0 Å². The van der Waals surface area contributed by atoms with E-state index in [1.54, 1.807) is 0 Å². The molecule has 0 aromatic carbocycles. The van der Waals surface area contributed by atoms with Gasteiger partial charge in [-0.3, -0.25) is 0 Å². The summed E-state index contributed by atoms with van der Waals surface area (Å²) in [7, 11) is 0. The van der Waals surface area contributed by atoms with Gasteiger partial charge in [-0.05, 0) is 25.0 Å². The first-order valence-electron chi connectivity index (χ1n) is 5.65. The van der Waals surface area contributed by atoms with E-state index < -0.39 is 0 Å². The van der Waals surface area contributed by atoms with E-state index in [1.807, 2.05) is 23.7 Å². The number of hydrogen-bond acceptors (Lipinski definition) is 3. The van der Waals surface area contributed by atoms with Crippen LogP contribution in [0.4, 0.5) is 0 Å². The van der Waals surface area contributed by atoms with Gasteiger partial charge in [-0.2, -0.15) is 5.10 Å². The maximum Gasteiger partial charge on any atom is 0.146 e. The summed E-state index contributed by atoms with van der Waals surface area (Å²) in [5, 5.41) is 4.44. The Morgan fingerprint density at radius 2 is 2.12 bits per heavy atom. The van der Waals surface area contributed by atoms with Crippen LogP contribution < -0.4 is 5.73 Å². The second kappa shape index (κ2) is 4.22. The molecule has 16 heavy (non-hydrogen) atoms. The minimum absolute atomic E-state index is 0.344. The lowest BCUT2D eigenvalue weighted by Crippen LogP contribution is -2.20. The lowest BCUT2D eigenvalue weighted by molar-refractivity contribution is 0.486. The highest BCUT2D eigenvalue weighted by Crippen LogP contribution is 2.24. The topological polar surface area (TPSA) is 56.2 Å². The Balaban J connectivity index is 2.55. The molecule has 1 unspecified atom stereocenters. The van der Waals surface area contributed by atoms with Crippen molar-refractivity contribution in [1.29, 1.82) is 0 Å². The summed E-state index contributed by atoms with van der Waals surface area (Å²) in [4.78, 5) is 4.19. The van der Waals surface area contributed by atoms with Crippen molar-refractivity contribution in [1.82, 2.24) is 14.6 Å². The molecule has 1 atom stereocenters. The molecule has 0 spiro atoms. The van der Waals surface area contributed by atoms with Gasteiger partial charge in [0.25, 0.3) is 0 Å². The Morgan fingerprint density at radius 1 is 1.38 bits per heavy atom. The van der Waals surface area contributed by atoms with Crippen LogP contribution in [-0.4, -0.2) is 21.1 Å². The Bertz CT molecular complexity index is 487. The quantitative estimate of drug-likeness (QED) is 0.853. The molecule has 0 aliphatic rings. The highest BCUT2D eigenvalue weighted by molar-refractivity contribution is 5.47. The van der Waals surface area contributed by atoms with Crippen molar-refractivity contribution in [3.63, 3.8) is 0 Å². The molecule has 2 N–H and O–H groups in total. The molecule has 0 aliphatic carbocycles. The number of nitrogens with two attached hydrogens (primary N) is 1. The van der Waals surface area contributed by atoms with Gasteiger partial charge in [-0.25, -0.2) is 9.50 Å². The fourth-order valence-corrected chi connectivity index (χ4v) is 2.02. The van der Waals surface area contributed by atoms with Crippen LogP contribution >= 0.6 is 0 Å². The van der Waals surface area contributed by atoms with E-state index in [1.165, 1.54) is 5.69 Å². The molecule has 0 aliphatic heterocycles. The molecule has 0 bridgehead atoms. The molecule has 4 nitrogen and oxygen atoms in total. The first-order valence-corrected chi connectivity index (χ1v) is 5.65. The highest BCUT2D eigenvalue weighted by atomic mass is 15.3. The zero-order chi connectivity index (χ0) is 11.7. The Labute approximate surface area is 95.5 Å². The Hall–Kier alpha value is -1.42. The van der Waals surface area contributed by atoms with Gasteiger partial charge in [0, 0.05) is 18.2 Å². The summed E-state index contributed by atoms with van der Waals surface area (Å²) in [5.74, 6) is 1.64. The van der Waals surface area contributed by atoms with Gasteiger partial charge in [0.15, 0.2) is 0 Å². The Kier molecular flexibility index (Phi) is 2.92. The summed E-state index contributed by atoms with van der Waals surface area (Å²) in [6.07, 6.45) is 1.85. The van der Waals surface area contributed by atoms with E-state index in [9.17, 15) is 0 Å². The molecule has 0 radical (unpaired) electrons. The third-order valence-electron chi connectivity index (χ3n) is 2.98. The summed E-state index contributed by atoms with van der Waals surface area (Å²) in [5.41, 5.74) is 8.04. The molecule has 0 fully saturated rings. The number of fused-ring (bicyclic) bond motifs is 1. The average Bonchev–Trinajstić information content (AvgIpc) is 2.62. The van der Waals surface area contributed by atoms with Crippen LogP contribution in [0, 0.1) is 12.8 Å². The number of hydrogen-bond donors (Lipinski definition) is 1.